The van der Waals surface area contributed by atoms with Gasteiger partial charge in [-0.2, -0.15) is 0 Å². The molecule has 20 heavy (non-hydrogen) atoms. The standard InChI is InChI=1S/C16H22N2O2/c1-3-18(12-15-8-5-9-20-15)16(11-17)13-6-4-7-14(10-13)19-2/h4-10,16H,3,11-12,17H2,1-2H3. The lowest BCUT2D eigenvalue weighted by atomic mass is 10.0. The van der Waals surface area contributed by atoms with Crippen LogP contribution in [0.2, 0.25) is 0 Å². The highest BCUT2D eigenvalue weighted by Gasteiger charge is 2.19. The fourth-order valence-electron chi connectivity index (χ4n) is 2.39. The van der Waals surface area contributed by atoms with E-state index in [0.29, 0.717) is 6.54 Å². The zero-order valence-corrected chi connectivity index (χ0v) is 12.1. The third kappa shape index (κ3) is 3.40. The van der Waals surface area contributed by atoms with Crippen LogP contribution in [0.1, 0.15) is 24.3 Å². The van der Waals surface area contributed by atoms with Crippen molar-refractivity contribution in [2.75, 3.05) is 20.2 Å². The number of likely N-dealkylation sites (N-methyl/N-ethyl adjacent to an activating group) is 1. The molecule has 0 aliphatic rings. The molecule has 2 N–H and O–H groups in total. The lowest BCUT2D eigenvalue weighted by molar-refractivity contribution is 0.187. The van der Waals surface area contributed by atoms with E-state index in [0.717, 1.165) is 24.6 Å². The molecule has 0 saturated carbocycles. The van der Waals surface area contributed by atoms with Gasteiger partial charge in [-0.15, -0.1) is 0 Å². The summed E-state index contributed by atoms with van der Waals surface area (Å²) in [4.78, 5) is 2.30. The van der Waals surface area contributed by atoms with Crippen molar-refractivity contribution in [3.63, 3.8) is 0 Å². The first kappa shape index (κ1) is 14.6. The minimum Gasteiger partial charge on any atom is -0.497 e. The summed E-state index contributed by atoms with van der Waals surface area (Å²) in [6.07, 6.45) is 1.70. The molecule has 0 saturated heterocycles. The summed E-state index contributed by atoms with van der Waals surface area (Å²) >= 11 is 0. The van der Waals surface area contributed by atoms with Gasteiger partial charge in [-0.05, 0) is 36.4 Å². The fourth-order valence-corrected chi connectivity index (χ4v) is 2.39. The largest absolute Gasteiger partial charge is 0.497 e. The van der Waals surface area contributed by atoms with Gasteiger partial charge in [-0.25, -0.2) is 0 Å². The number of hydrogen-bond donors (Lipinski definition) is 1. The fraction of sp³-hybridized carbons (Fsp3) is 0.375. The summed E-state index contributed by atoms with van der Waals surface area (Å²) in [5.74, 6) is 1.81. The molecule has 108 valence electrons. The minimum absolute atomic E-state index is 0.153. The van der Waals surface area contributed by atoms with Gasteiger partial charge in [-0.3, -0.25) is 4.90 Å². The van der Waals surface area contributed by atoms with E-state index in [1.807, 2.05) is 30.3 Å². The van der Waals surface area contributed by atoms with Crippen LogP contribution in [0, 0.1) is 0 Å². The number of nitrogens with two attached hydrogens (primary N) is 1. The van der Waals surface area contributed by atoms with Crippen molar-refractivity contribution >= 4 is 0 Å². The Morgan fingerprint density at radius 2 is 2.15 bits per heavy atom. The quantitative estimate of drug-likeness (QED) is 0.843. The molecule has 0 aliphatic heterocycles. The average molecular weight is 274 g/mol. The highest BCUT2D eigenvalue weighted by Crippen LogP contribution is 2.25. The molecule has 0 amide bonds. The van der Waals surface area contributed by atoms with E-state index in [4.69, 9.17) is 14.9 Å². The third-order valence-electron chi connectivity index (χ3n) is 3.49. The van der Waals surface area contributed by atoms with Crippen LogP contribution in [0.5, 0.6) is 5.75 Å². The molecule has 0 fully saturated rings. The molecule has 1 heterocycles. The Hall–Kier alpha value is -1.78. The Kier molecular flexibility index (Phi) is 5.21. The van der Waals surface area contributed by atoms with Crippen LogP contribution in [0.25, 0.3) is 0 Å². The zero-order valence-electron chi connectivity index (χ0n) is 12.1. The summed E-state index contributed by atoms with van der Waals surface area (Å²) in [7, 11) is 1.68. The van der Waals surface area contributed by atoms with Crippen LogP contribution >= 0.6 is 0 Å². The minimum atomic E-state index is 0.153. The molecule has 0 radical (unpaired) electrons. The molecule has 1 aromatic heterocycles. The van der Waals surface area contributed by atoms with Gasteiger partial charge < -0.3 is 14.9 Å². The number of furan rings is 1. The molecule has 4 heteroatoms. The molecule has 1 atom stereocenters. The van der Waals surface area contributed by atoms with Crippen LogP contribution in [0.3, 0.4) is 0 Å². The van der Waals surface area contributed by atoms with Crippen molar-refractivity contribution in [1.29, 1.82) is 0 Å². The smallest absolute Gasteiger partial charge is 0.119 e. The molecule has 0 bridgehead atoms. The topological polar surface area (TPSA) is 51.6 Å². The Labute approximate surface area is 120 Å². The van der Waals surface area contributed by atoms with Crippen LogP contribution in [-0.4, -0.2) is 25.1 Å². The van der Waals surface area contributed by atoms with Gasteiger partial charge in [0.2, 0.25) is 0 Å². The summed E-state index contributed by atoms with van der Waals surface area (Å²) in [6.45, 7) is 4.34. The summed E-state index contributed by atoms with van der Waals surface area (Å²) in [5.41, 5.74) is 7.16. The second kappa shape index (κ2) is 7.12. The highest BCUT2D eigenvalue weighted by atomic mass is 16.5. The van der Waals surface area contributed by atoms with Crippen LogP contribution in [0.15, 0.2) is 47.1 Å². The van der Waals surface area contributed by atoms with Gasteiger partial charge in [-0.1, -0.05) is 19.1 Å². The first-order valence-electron chi connectivity index (χ1n) is 6.89. The second-order valence-corrected chi connectivity index (χ2v) is 4.67. The third-order valence-corrected chi connectivity index (χ3v) is 3.49. The van der Waals surface area contributed by atoms with Gasteiger partial charge in [0.15, 0.2) is 0 Å². The molecule has 4 nitrogen and oxygen atoms in total. The zero-order chi connectivity index (χ0) is 14.4. The van der Waals surface area contributed by atoms with Crippen molar-refractivity contribution in [2.45, 2.75) is 19.5 Å². The van der Waals surface area contributed by atoms with Crippen molar-refractivity contribution in [1.82, 2.24) is 4.90 Å². The van der Waals surface area contributed by atoms with Gasteiger partial charge in [0.1, 0.15) is 11.5 Å². The van der Waals surface area contributed by atoms with E-state index in [-0.39, 0.29) is 6.04 Å². The second-order valence-electron chi connectivity index (χ2n) is 4.67. The number of hydrogen-bond acceptors (Lipinski definition) is 4. The van der Waals surface area contributed by atoms with E-state index in [1.54, 1.807) is 13.4 Å². The van der Waals surface area contributed by atoms with Crippen LogP contribution in [0.4, 0.5) is 0 Å². The lowest BCUT2D eigenvalue weighted by Crippen LogP contribution is -2.33. The van der Waals surface area contributed by atoms with E-state index in [1.165, 1.54) is 5.56 Å². The maximum atomic E-state index is 5.99. The Morgan fingerprint density at radius 1 is 1.30 bits per heavy atom. The maximum absolute atomic E-state index is 5.99. The lowest BCUT2D eigenvalue weighted by Gasteiger charge is -2.29. The molecule has 0 aliphatic carbocycles. The SMILES string of the molecule is CCN(Cc1ccco1)C(CN)c1cccc(OC)c1. The van der Waals surface area contributed by atoms with Crippen LogP contribution < -0.4 is 10.5 Å². The monoisotopic (exact) mass is 274 g/mol. The summed E-state index contributed by atoms with van der Waals surface area (Å²) in [5, 5.41) is 0. The normalized spacial score (nSPS) is 12.6. The highest BCUT2D eigenvalue weighted by molar-refractivity contribution is 5.30. The maximum Gasteiger partial charge on any atom is 0.119 e. The molecular weight excluding hydrogens is 252 g/mol. The van der Waals surface area contributed by atoms with Gasteiger partial charge in [0, 0.05) is 12.6 Å². The first-order valence-corrected chi connectivity index (χ1v) is 6.89. The molecule has 1 unspecified atom stereocenters. The summed E-state index contributed by atoms with van der Waals surface area (Å²) < 4.78 is 10.7. The van der Waals surface area contributed by atoms with E-state index in [9.17, 15) is 0 Å². The predicted octanol–water partition coefficient (Wildman–Crippen LogP) is 2.81. The van der Waals surface area contributed by atoms with E-state index >= 15 is 0 Å². The Morgan fingerprint density at radius 3 is 2.75 bits per heavy atom. The van der Waals surface area contributed by atoms with Gasteiger partial charge >= 0.3 is 0 Å². The molecular formula is C16H22N2O2. The first-order chi connectivity index (χ1) is 9.78. The number of ether oxygens (including phenoxy) is 1. The van der Waals surface area contributed by atoms with Gasteiger partial charge in [0.05, 0.1) is 19.9 Å². The molecule has 1 aromatic carbocycles. The molecule has 0 spiro atoms. The summed E-state index contributed by atoms with van der Waals surface area (Å²) in [6, 6.07) is 12.1. The van der Waals surface area contributed by atoms with E-state index < -0.39 is 0 Å². The number of methoxy groups -OCH3 is 1. The number of rotatable bonds is 7. The Bertz CT molecular complexity index is 511. The number of nitrogens with zero attached hydrogens (tertiary/aromatic N) is 1. The Balaban J connectivity index is 2.19. The van der Waals surface area contributed by atoms with Crippen molar-refractivity contribution in [3.8, 4) is 5.75 Å². The van der Waals surface area contributed by atoms with Crippen molar-refractivity contribution < 1.29 is 9.15 Å². The predicted molar refractivity (Wildman–Crippen MR) is 79.6 cm³/mol. The number of benzene rings is 1. The molecule has 2 aromatic rings. The van der Waals surface area contributed by atoms with Crippen molar-refractivity contribution in [3.05, 3.63) is 54.0 Å². The van der Waals surface area contributed by atoms with Crippen LogP contribution in [-0.2, 0) is 6.54 Å². The molecule has 2 rings (SSSR count). The van der Waals surface area contributed by atoms with E-state index in [2.05, 4.69) is 17.9 Å². The van der Waals surface area contributed by atoms with Gasteiger partial charge in [0.25, 0.3) is 0 Å². The van der Waals surface area contributed by atoms with Crippen molar-refractivity contribution in [2.24, 2.45) is 5.73 Å². The average Bonchev–Trinajstić information content (AvgIpc) is 3.00.